The summed E-state index contributed by atoms with van der Waals surface area (Å²) < 4.78 is 28.4. The maximum Gasteiger partial charge on any atom is 0.222 e. The van der Waals surface area contributed by atoms with Gasteiger partial charge in [-0.25, -0.2) is 13.6 Å². The van der Waals surface area contributed by atoms with Crippen molar-refractivity contribution in [2.24, 2.45) is 5.14 Å². The van der Waals surface area contributed by atoms with Crippen LogP contribution in [-0.2, 0) is 19.6 Å². The predicted molar refractivity (Wildman–Crippen MR) is 75.5 cm³/mol. The highest BCUT2D eigenvalue weighted by Gasteiger charge is 2.30. The third-order valence-corrected chi connectivity index (χ3v) is 5.46. The minimum Gasteiger partial charge on any atom is -0.378 e. The Labute approximate surface area is 120 Å². The molecule has 2 fully saturated rings. The van der Waals surface area contributed by atoms with Gasteiger partial charge in [-0.1, -0.05) is 0 Å². The molecule has 0 bridgehead atoms. The lowest BCUT2D eigenvalue weighted by Gasteiger charge is -2.32. The van der Waals surface area contributed by atoms with Crippen LogP contribution < -0.4 is 5.14 Å². The molecule has 2 heterocycles. The number of ether oxygens (including phenoxy) is 1. The first-order valence-corrected chi connectivity index (χ1v) is 8.99. The summed E-state index contributed by atoms with van der Waals surface area (Å²) in [5.74, 6) is 0.0209. The number of rotatable bonds is 4. The number of hydrogen-bond donors (Lipinski definition) is 1. The molecule has 2 rings (SSSR count). The summed E-state index contributed by atoms with van der Waals surface area (Å²) in [5, 5.41) is 4.57. The number of primary sulfonamides is 1. The van der Waals surface area contributed by atoms with Gasteiger partial charge < -0.3 is 9.64 Å². The summed E-state index contributed by atoms with van der Waals surface area (Å²) in [5.41, 5.74) is 0. The molecule has 7 heteroatoms. The van der Waals surface area contributed by atoms with Gasteiger partial charge in [-0.3, -0.25) is 4.79 Å². The smallest absolute Gasteiger partial charge is 0.222 e. The van der Waals surface area contributed by atoms with E-state index in [1.54, 1.807) is 4.90 Å². The van der Waals surface area contributed by atoms with E-state index >= 15 is 0 Å². The number of carbonyl (C=O) groups excluding carboxylic acids is 1. The fourth-order valence-electron chi connectivity index (χ4n) is 2.91. The molecule has 2 aliphatic rings. The molecule has 0 saturated carbocycles. The molecule has 2 unspecified atom stereocenters. The molecule has 0 aromatic rings. The van der Waals surface area contributed by atoms with Gasteiger partial charge in [-0.2, -0.15) is 0 Å². The molecule has 20 heavy (non-hydrogen) atoms. The van der Waals surface area contributed by atoms with Crippen molar-refractivity contribution in [2.45, 2.75) is 56.3 Å². The van der Waals surface area contributed by atoms with Crippen molar-refractivity contribution in [3.63, 3.8) is 0 Å². The molecule has 2 N–H and O–H groups in total. The first-order chi connectivity index (χ1) is 9.47. The highest BCUT2D eigenvalue weighted by Crippen LogP contribution is 2.20. The normalized spacial score (nSPS) is 28.4. The maximum absolute atomic E-state index is 12.1. The number of piperidine rings is 1. The van der Waals surface area contributed by atoms with E-state index in [-0.39, 0.29) is 18.6 Å². The Morgan fingerprint density at radius 3 is 2.70 bits per heavy atom. The number of amides is 1. The molecular weight excluding hydrogens is 280 g/mol. The predicted octanol–water partition coefficient (Wildman–Crippen LogP) is 0.615. The second-order valence-corrected chi connectivity index (χ2v) is 7.56. The monoisotopic (exact) mass is 304 g/mol. The van der Waals surface area contributed by atoms with Gasteiger partial charge in [0.15, 0.2) is 0 Å². The molecule has 116 valence electrons. The molecule has 2 atom stereocenters. The van der Waals surface area contributed by atoms with E-state index in [0.29, 0.717) is 25.8 Å². The van der Waals surface area contributed by atoms with Crippen molar-refractivity contribution >= 4 is 15.9 Å². The van der Waals surface area contributed by atoms with Crippen LogP contribution in [0.5, 0.6) is 0 Å². The van der Waals surface area contributed by atoms with E-state index in [0.717, 1.165) is 32.3 Å². The Morgan fingerprint density at radius 2 is 2.05 bits per heavy atom. The van der Waals surface area contributed by atoms with Crippen LogP contribution in [0.25, 0.3) is 0 Å². The van der Waals surface area contributed by atoms with Crippen LogP contribution in [0.4, 0.5) is 0 Å². The Kier molecular flexibility index (Phi) is 5.40. The third kappa shape index (κ3) is 4.43. The minimum atomic E-state index is -3.55. The average molecular weight is 304 g/mol. The number of carbonyl (C=O) groups is 1. The van der Waals surface area contributed by atoms with E-state index in [4.69, 9.17) is 9.88 Å². The van der Waals surface area contributed by atoms with Gasteiger partial charge in [-0.15, -0.1) is 0 Å². The SMILES string of the molecule is NS(=O)(=O)C1CCCN(C(=O)CCC2CCCCO2)C1. The Hall–Kier alpha value is -0.660. The second-order valence-electron chi connectivity index (χ2n) is 5.72. The van der Waals surface area contributed by atoms with Gasteiger partial charge in [0.1, 0.15) is 0 Å². The summed E-state index contributed by atoms with van der Waals surface area (Å²) in [6.07, 6.45) is 5.89. The lowest BCUT2D eigenvalue weighted by molar-refractivity contribution is -0.133. The lowest BCUT2D eigenvalue weighted by Crippen LogP contribution is -2.47. The van der Waals surface area contributed by atoms with Crippen molar-refractivity contribution < 1.29 is 17.9 Å². The lowest BCUT2D eigenvalue weighted by atomic mass is 10.0. The minimum absolute atomic E-state index is 0.0209. The van der Waals surface area contributed by atoms with Crippen LogP contribution in [0.2, 0.25) is 0 Å². The molecule has 2 aliphatic heterocycles. The van der Waals surface area contributed by atoms with E-state index in [1.807, 2.05) is 0 Å². The highest BCUT2D eigenvalue weighted by atomic mass is 32.2. The van der Waals surface area contributed by atoms with Crippen LogP contribution in [0, 0.1) is 0 Å². The third-order valence-electron chi connectivity index (χ3n) is 4.15. The number of nitrogens with zero attached hydrogens (tertiary/aromatic N) is 1. The fourth-order valence-corrected chi connectivity index (χ4v) is 3.79. The van der Waals surface area contributed by atoms with E-state index in [1.165, 1.54) is 0 Å². The van der Waals surface area contributed by atoms with Gasteiger partial charge in [0, 0.05) is 26.1 Å². The highest BCUT2D eigenvalue weighted by molar-refractivity contribution is 7.89. The Balaban J connectivity index is 1.79. The molecule has 0 aromatic heterocycles. The van der Waals surface area contributed by atoms with Gasteiger partial charge in [-0.05, 0) is 38.5 Å². The van der Waals surface area contributed by atoms with Gasteiger partial charge in [0.05, 0.1) is 11.4 Å². The van der Waals surface area contributed by atoms with Crippen LogP contribution in [0.15, 0.2) is 0 Å². The molecule has 0 aromatic carbocycles. The van der Waals surface area contributed by atoms with Gasteiger partial charge in [0.2, 0.25) is 15.9 Å². The average Bonchev–Trinajstić information content (AvgIpc) is 2.45. The molecular formula is C13H24N2O4S. The first kappa shape index (κ1) is 15.7. The van der Waals surface area contributed by atoms with Crippen molar-refractivity contribution in [3.8, 4) is 0 Å². The summed E-state index contributed by atoms with van der Waals surface area (Å²) in [6.45, 7) is 1.66. The van der Waals surface area contributed by atoms with E-state index in [9.17, 15) is 13.2 Å². The fraction of sp³-hybridized carbons (Fsp3) is 0.923. The number of nitrogens with two attached hydrogens (primary N) is 1. The quantitative estimate of drug-likeness (QED) is 0.824. The molecule has 0 radical (unpaired) electrons. The number of sulfonamides is 1. The molecule has 1 amide bonds. The van der Waals surface area contributed by atoms with Crippen LogP contribution in [0.3, 0.4) is 0 Å². The zero-order chi connectivity index (χ0) is 14.6. The van der Waals surface area contributed by atoms with Gasteiger partial charge in [0.25, 0.3) is 0 Å². The first-order valence-electron chi connectivity index (χ1n) is 7.38. The van der Waals surface area contributed by atoms with Crippen LogP contribution >= 0.6 is 0 Å². The number of likely N-dealkylation sites (tertiary alicyclic amines) is 1. The van der Waals surface area contributed by atoms with Gasteiger partial charge >= 0.3 is 0 Å². The Bertz CT molecular complexity index is 432. The maximum atomic E-state index is 12.1. The zero-order valence-corrected chi connectivity index (χ0v) is 12.6. The summed E-state index contributed by atoms with van der Waals surface area (Å²) in [6, 6.07) is 0. The molecule has 0 aliphatic carbocycles. The van der Waals surface area contributed by atoms with E-state index in [2.05, 4.69) is 0 Å². The zero-order valence-electron chi connectivity index (χ0n) is 11.8. The molecule has 2 saturated heterocycles. The summed E-state index contributed by atoms with van der Waals surface area (Å²) in [4.78, 5) is 13.8. The van der Waals surface area contributed by atoms with Crippen molar-refractivity contribution in [3.05, 3.63) is 0 Å². The molecule has 6 nitrogen and oxygen atoms in total. The van der Waals surface area contributed by atoms with Crippen molar-refractivity contribution in [1.29, 1.82) is 0 Å². The second kappa shape index (κ2) is 6.87. The van der Waals surface area contributed by atoms with Crippen molar-refractivity contribution in [1.82, 2.24) is 4.90 Å². The molecule has 0 spiro atoms. The largest absolute Gasteiger partial charge is 0.378 e. The number of hydrogen-bond acceptors (Lipinski definition) is 4. The topological polar surface area (TPSA) is 89.7 Å². The Morgan fingerprint density at radius 1 is 1.25 bits per heavy atom. The summed E-state index contributed by atoms with van der Waals surface area (Å²) in [7, 11) is -3.55. The van der Waals surface area contributed by atoms with Crippen molar-refractivity contribution in [2.75, 3.05) is 19.7 Å². The van der Waals surface area contributed by atoms with Crippen LogP contribution in [-0.4, -0.2) is 50.3 Å². The summed E-state index contributed by atoms with van der Waals surface area (Å²) >= 11 is 0. The van der Waals surface area contributed by atoms with E-state index < -0.39 is 15.3 Å². The standard InChI is InChI=1S/C13H24N2O4S/c14-20(17,18)12-5-3-8-15(10-12)13(16)7-6-11-4-1-2-9-19-11/h11-12H,1-10H2,(H2,14,17,18). The van der Waals surface area contributed by atoms with Crippen LogP contribution in [0.1, 0.15) is 44.9 Å².